The van der Waals surface area contributed by atoms with Gasteiger partial charge in [-0.25, -0.2) is 13.5 Å². The van der Waals surface area contributed by atoms with E-state index in [0.29, 0.717) is 22.9 Å². The second-order valence-electron chi connectivity index (χ2n) is 4.33. The maximum Gasteiger partial charge on any atom is 0.435 e. The van der Waals surface area contributed by atoms with Gasteiger partial charge >= 0.3 is 6.18 Å². The van der Waals surface area contributed by atoms with Crippen molar-refractivity contribution in [2.24, 2.45) is 0 Å². The number of benzene rings is 1. The molecule has 8 heteroatoms. The maximum atomic E-state index is 13.9. The molecule has 114 valence electrons. The van der Waals surface area contributed by atoms with E-state index in [4.69, 9.17) is 0 Å². The Labute approximate surface area is 117 Å². The third kappa shape index (κ3) is 3.38. The maximum absolute atomic E-state index is 13.9. The van der Waals surface area contributed by atoms with Crippen LogP contribution in [0.3, 0.4) is 0 Å². The van der Waals surface area contributed by atoms with Crippen LogP contribution >= 0.6 is 0 Å². The number of nitrogens with one attached hydrogen (secondary N) is 1. The molecule has 1 heterocycles. The number of aromatic nitrogens is 2. The van der Waals surface area contributed by atoms with Crippen molar-refractivity contribution in [3.63, 3.8) is 0 Å². The van der Waals surface area contributed by atoms with Gasteiger partial charge in [-0.3, -0.25) is 0 Å². The molecule has 0 bridgehead atoms. The minimum absolute atomic E-state index is 0.261. The highest BCUT2D eigenvalue weighted by molar-refractivity contribution is 5.38. The molecule has 1 aromatic carbocycles. The van der Waals surface area contributed by atoms with Gasteiger partial charge in [-0.05, 0) is 30.3 Å². The molecule has 1 N–H and O–H groups in total. The fourth-order valence-electron chi connectivity index (χ4n) is 1.81. The molecule has 0 fully saturated rings. The number of alkyl halides is 3. The first-order chi connectivity index (χ1) is 9.82. The Morgan fingerprint density at radius 2 is 1.81 bits per heavy atom. The van der Waals surface area contributed by atoms with Crippen LogP contribution in [0.1, 0.15) is 18.2 Å². The summed E-state index contributed by atoms with van der Waals surface area (Å²) in [7, 11) is 0. The highest BCUT2D eigenvalue weighted by Gasteiger charge is 2.34. The normalized spacial score (nSPS) is 11.9. The van der Waals surface area contributed by atoms with E-state index in [1.54, 1.807) is 0 Å². The summed E-state index contributed by atoms with van der Waals surface area (Å²) in [6.45, 7) is 2.72. The fourth-order valence-corrected chi connectivity index (χ4v) is 1.81. The van der Waals surface area contributed by atoms with E-state index in [1.807, 2.05) is 6.92 Å². The summed E-state index contributed by atoms with van der Waals surface area (Å²) in [5, 5.41) is 6.06. The summed E-state index contributed by atoms with van der Waals surface area (Å²) < 4.78 is 65.7. The molecule has 0 radical (unpaired) electrons. The Hall–Kier alpha value is -1.96. The molecule has 2 aromatic rings. The van der Waals surface area contributed by atoms with E-state index < -0.39 is 29.2 Å². The van der Waals surface area contributed by atoms with E-state index in [-0.39, 0.29) is 6.54 Å². The zero-order valence-corrected chi connectivity index (χ0v) is 11.0. The SMILES string of the molecule is CCNCc1cc(F)c(-n2ccc(C(F)(F)F)n2)c(F)c1. The predicted molar refractivity (Wildman–Crippen MR) is 65.9 cm³/mol. The minimum Gasteiger partial charge on any atom is -0.313 e. The highest BCUT2D eigenvalue weighted by Crippen LogP contribution is 2.28. The molecular weight excluding hydrogens is 293 g/mol. The fraction of sp³-hybridized carbons (Fsp3) is 0.308. The van der Waals surface area contributed by atoms with Crippen molar-refractivity contribution in [1.29, 1.82) is 0 Å². The summed E-state index contributed by atoms with van der Waals surface area (Å²) in [4.78, 5) is 0. The standard InChI is InChI=1S/C13H12F5N3/c1-2-19-7-8-5-9(14)12(10(15)6-8)21-4-3-11(20-21)13(16,17)18/h3-6,19H,2,7H2,1H3. The zero-order valence-electron chi connectivity index (χ0n) is 11.0. The minimum atomic E-state index is -4.66. The molecule has 0 aliphatic heterocycles. The van der Waals surface area contributed by atoms with E-state index in [2.05, 4.69) is 10.4 Å². The zero-order chi connectivity index (χ0) is 15.6. The van der Waals surface area contributed by atoms with Gasteiger partial charge in [0.15, 0.2) is 17.3 Å². The monoisotopic (exact) mass is 305 g/mol. The van der Waals surface area contributed by atoms with Gasteiger partial charge in [0.05, 0.1) is 0 Å². The Bertz CT molecular complexity index is 610. The number of hydrogen-bond donors (Lipinski definition) is 1. The van der Waals surface area contributed by atoms with Gasteiger partial charge < -0.3 is 5.32 Å². The lowest BCUT2D eigenvalue weighted by Crippen LogP contribution is -2.13. The van der Waals surface area contributed by atoms with E-state index in [9.17, 15) is 22.0 Å². The van der Waals surface area contributed by atoms with Crippen molar-refractivity contribution in [3.05, 3.63) is 47.3 Å². The summed E-state index contributed by atoms with van der Waals surface area (Å²) in [6, 6.07) is 2.79. The molecule has 0 aliphatic carbocycles. The number of nitrogens with zero attached hydrogens (tertiary/aromatic N) is 2. The van der Waals surface area contributed by atoms with Crippen LogP contribution in [0, 0.1) is 11.6 Å². The first-order valence-electron chi connectivity index (χ1n) is 6.14. The number of rotatable bonds is 4. The largest absolute Gasteiger partial charge is 0.435 e. The van der Waals surface area contributed by atoms with Crippen molar-refractivity contribution in [1.82, 2.24) is 15.1 Å². The van der Waals surface area contributed by atoms with Gasteiger partial charge in [-0.1, -0.05) is 6.92 Å². The first-order valence-corrected chi connectivity index (χ1v) is 6.14. The third-order valence-electron chi connectivity index (χ3n) is 2.76. The Morgan fingerprint density at radius 1 is 1.19 bits per heavy atom. The van der Waals surface area contributed by atoms with Crippen LogP contribution in [0.15, 0.2) is 24.4 Å². The van der Waals surface area contributed by atoms with E-state index in [1.165, 1.54) is 0 Å². The van der Waals surface area contributed by atoms with Gasteiger partial charge in [0.2, 0.25) is 0 Å². The van der Waals surface area contributed by atoms with Gasteiger partial charge in [0, 0.05) is 12.7 Å². The Morgan fingerprint density at radius 3 is 2.29 bits per heavy atom. The molecule has 0 unspecified atom stereocenters. The Kier molecular flexibility index (Phi) is 4.26. The highest BCUT2D eigenvalue weighted by atomic mass is 19.4. The van der Waals surface area contributed by atoms with Crippen LogP contribution in [0.2, 0.25) is 0 Å². The molecule has 0 atom stereocenters. The molecule has 3 nitrogen and oxygen atoms in total. The van der Waals surface area contributed by atoms with Crippen LogP contribution in [0.4, 0.5) is 22.0 Å². The summed E-state index contributed by atoms with van der Waals surface area (Å²) in [5.41, 5.74) is -1.48. The lowest BCUT2D eigenvalue weighted by Gasteiger charge is -2.09. The molecule has 0 saturated carbocycles. The van der Waals surface area contributed by atoms with Crippen molar-refractivity contribution in [3.8, 4) is 5.69 Å². The molecule has 21 heavy (non-hydrogen) atoms. The molecule has 2 rings (SSSR count). The van der Waals surface area contributed by atoms with Crippen molar-refractivity contribution in [2.45, 2.75) is 19.6 Å². The summed E-state index contributed by atoms with van der Waals surface area (Å²) in [5.74, 6) is -1.94. The second-order valence-corrected chi connectivity index (χ2v) is 4.33. The van der Waals surface area contributed by atoms with Crippen molar-refractivity contribution < 1.29 is 22.0 Å². The Balaban J connectivity index is 2.38. The van der Waals surface area contributed by atoms with Gasteiger partial charge in [-0.15, -0.1) is 0 Å². The topological polar surface area (TPSA) is 29.9 Å². The van der Waals surface area contributed by atoms with Gasteiger partial charge in [-0.2, -0.15) is 18.3 Å². The lowest BCUT2D eigenvalue weighted by molar-refractivity contribution is -0.141. The van der Waals surface area contributed by atoms with Crippen molar-refractivity contribution in [2.75, 3.05) is 6.54 Å². The molecular formula is C13H12F5N3. The first kappa shape index (κ1) is 15.4. The molecule has 0 spiro atoms. The summed E-state index contributed by atoms with van der Waals surface area (Å²) in [6.07, 6.45) is -3.79. The summed E-state index contributed by atoms with van der Waals surface area (Å²) >= 11 is 0. The van der Waals surface area contributed by atoms with Crippen LogP contribution in [0.5, 0.6) is 0 Å². The molecule has 0 aliphatic rings. The molecule has 0 saturated heterocycles. The smallest absolute Gasteiger partial charge is 0.313 e. The predicted octanol–water partition coefficient (Wildman–Crippen LogP) is 3.28. The average Bonchev–Trinajstić information content (AvgIpc) is 2.85. The molecule has 0 amide bonds. The molecule has 1 aromatic heterocycles. The van der Waals surface area contributed by atoms with Gasteiger partial charge in [0.25, 0.3) is 0 Å². The number of halogens is 5. The lowest BCUT2D eigenvalue weighted by atomic mass is 10.2. The third-order valence-corrected chi connectivity index (χ3v) is 2.76. The van der Waals surface area contributed by atoms with E-state index >= 15 is 0 Å². The van der Waals surface area contributed by atoms with Gasteiger partial charge in [0.1, 0.15) is 5.69 Å². The van der Waals surface area contributed by atoms with Crippen LogP contribution < -0.4 is 5.32 Å². The van der Waals surface area contributed by atoms with Crippen LogP contribution in [0.25, 0.3) is 5.69 Å². The van der Waals surface area contributed by atoms with E-state index in [0.717, 1.165) is 18.3 Å². The van der Waals surface area contributed by atoms with Crippen LogP contribution in [-0.2, 0) is 12.7 Å². The second kappa shape index (κ2) is 5.80. The quantitative estimate of drug-likeness (QED) is 0.879. The van der Waals surface area contributed by atoms with Crippen LogP contribution in [-0.4, -0.2) is 16.3 Å². The van der Waals surface area contributed by atoms with Crippen molar-refractivity contribution >= 4 is 0 Å². The average molecular weight is 305 g/mol. The number of hydrogen-bond acceptors (Lipinski definition) is 2.